The second-order valence-electron chi connectivity index (χ2n) is 6.09. The fraction of sp³-hybridized carbons (Fsp3) is 0.500. The number of fused-ring (bicyclic) bond motifs is 1. The maximum atomic E-state index is 4.90. The van der Waals surface area contributed by atoms with E-state index in [2.05, 4.69) is 48.5 Å². The molecular weight excluding hydrogens is 304 g/mol. The molecule has 3 aromatic rings. The number of aryl methyl sites for hydroxylation is 3. The molecule has 0 bridgehead atoms. The average molecular weight is 326 g/mol. The molecule has 1 fully saturated rings. The molecule has 0 radical (unpaired) electrons. The Hall–Kier alpha value is -2.48. The van der Waals surface area contributed by atoms with E-state index < -0.39 is 0 Å². The summed E-state index contributed by atoms with van der Waals surface area (Å²) in [6.45, 7) is 7.53. The quantitative estimate of drug-likeness (QED) is 0.765. The molecule has 2 aromatic heterocycles. The smallest absolute Gasteiger partial charge is 0.206 e. The van der Waals surface area contributed by atoms with Gasteiger partial charge >= 0.3 is 0 Å². The van der Waals surface area contributed by atoms with E-state index in [9.17, 15) is 0 Å². The molecule has 4 rings (SSSR count). The minimum absolute atomic E-state index is 0.734. The monoisotopic (exact) mass is 326 g/mol. The summed E-state index contributed by atoms with van der Waals surface area (Å²) in [4.78, 5) is 7.28. The number of anilines is 1. The van der Waals surface area contributed by atoms with Gasteiger partial charge in [0, 0.05) is 26.2 Å². The number of hydrogen-bond donors (Lipinski definition) is 1. The Kier molecular flexibility index (Phi) is 4.12. The Morgan fingerprint density at radius 3 is 2.92 bits per heavy atom. The van der Waals surface area contributed by atoms with E-state index in [1.807, 2.05) is 17.7 Å². The standard InChI is InChI=1S/C16H22N8/c1-13-19-20-21-24(13)12-11-23-15-6-3-2-5-14(15)18-16(23)22-9-4-7-17-8-10-22/h2-3,5-6,17H,4,7-12H2,1H3. The van der Waals surface area contributed by atoms with E-state index in [-0.39, 0.29) is 0 Å². The molecule has 1 saturated heterocycles. The lowest BCUT2D eigenvalue weighted by Crippen LogP contribution is -2.30. The first-order valence-corrected chi connectivity index (χ1v) is 8.46. The third kappa shape index (κ3) is 2.84. The maximum absolute atomic E-state index is 4.90. The van der Waals surface area contributed by atoms with E-state index in [0.29, 0.717) is 0 Å². The van der Waals surface area contributed by atoms with E-state index >= 15 is 0 Å². The number of tetrazole rings is 1. The van der Waals surface area contributed by atoms with Crippen LogP contribution in [0.4, 0.5) is 5.95 Å². The van der Waals surface area contributed by atoms with Crippen LogP contribution in [0, 0.1) is 6.92 Å². The van der Waals surface area contributed by atoms with E-state index in [0.717, 1.165) is 68.5 Å². The first kappa shape index (κ1) is 15.1. The van der Waals surface area contributed by atoms with Crippen LogP contribution in [-0.2, 0) is 13.1 Å². The molecule has 1 N–H and O–H groups in total. The Morgan fingerprint density at radius 1 is 1.12 bits per heavy atom. The molecule has 0 spiro atoms. The minimum Gasteiger partial charge on any atom is -0.341 e. The molecule has 0 aliphatic carbocycles. The summed E-state index contributed by atoms with van der Waals surface area (Å²) < 4.78 is 4.13. The number of nitrogens with one attached hydrogen (secondary N) is 1. The van der Waals surface area contributed by atoms with Crippen LogP contribution in [0.1, 0.15) is 12.2 Å². The highest BCUT2D eigenvalue weighted by Crippen LogP contribution is 2.23. The van der Waals surface area contributed by atoms with Crippen LogP contribution in [0.25, 0.3) is 11.0 Å². The third-order valence-electron chi connectivity index (χ3n) is 4.50. The molecule has 0 atom stereocenters. The molecule has 1 aliphatic heterocycles. The van der Waals surface area contributed by atoms with Gasteiger partial charge in [-0.3, -0.25) is 0 Å². The van der Waals surface area contributed by atoms with Gasteiger partial charge in [-0.1, -0.05) is 12.1 Å². The fourth-order valence-electron chi connectivity index (χ4n) is 3.22. The van der Waals surface area contributed by atoms with Crippen molar-refractivity contribution in [2.45, 2.75) is 26.4 Å². The van der Waals surface area contributed by atoms with Crippen LogP contribution in [0.5, 0.6) is 0 Å². The van der Waals surface area contributed by atoms with Crippen molar-refractivity contribution in [2.24, 2.45) is 0 Å². The van der Waals surface area contributed by atoms with Crippen molar-refractivity contribution in [1.29, 1.82) is 0 Å². The van der Waals surface area contributed by atoms with E-state index in [1.54, 1.807) is 0 Å². The molecule has 0 amide bonds. The van der Waals surface area contributed by atoms with Crippen molar-refractivity contribution in [2.75, 3.05) is 31.1 Å². The zero-order valence-electron chi connectivity index (χ0n) is 13.9. The molecule has 8 nitrogen and oxygen atoms in total. The summed E-state index contributed by atoms with van der Waals surface area (Å²) in [5.41, 5.74) is 2.20. The lowest BCUT2D eigenvalue weighted by Gasteiger charge is -2.22. The van der Waals surface area contributed by atoms with Crippen LogP contribution in [0.2, 0.25) is 0 Å². The summed E-state index contributed by atoms with van der Waals surface area (Å²) in [6, 6.07) is 8.32. The van der Waals surface area contributed by atoms with Gasteiger partial charge in [0.1, 0.15) is 5.82 Å². The molecule has 126 valence electrons. The highest BCUT2D eigenvalue weighted by atomic mass is 15.5. The maximum Gasteiger partial charge on any atom is 0.206 e. The fourth-order valence-corrected chi connectivity index (χ4v) is 3.22. The van der Waals surface area contributed by atoms with Gasteiger partial charge in [-0.05, 0) is 42.4 Å². The lowest BCUT2D eigenvalue weighted by atomic mass is 10.3. The molecule has 1 aliphatic rings. The largest absolute Gasteiger partial charge is 0.341 e. The van der Waals surface area contributed by atoms with Crippen molar-refractivity contribution in [3.63, 3.8) is 0 Å². The first-order valence-electron chi connectivity index (χ1n) is 8.46. The summed E-state index contributed by atoms with van der Waals surface area (Å²) in [5, 5.41) is 15.2. The molecule has 8 heteroatoms. The molecule has 24 heavy (non-hydrogen) atoms. The number of aromatic nitrogens is 6. The van der Waals surface area contributed by atoms with Gasteiger partial charge in [-0.25, -0.2) is 9.67 Å². The van der Waals surface area contributed by atoms with Gasteiger partial charge < -0.3 is 14.8 Å². The highest BCUT2D eigenvalue weighted by molar-refractivity contribution is 5.78. The first-order chi connectivity index (χ1) is 11.8. The molecular formula is C16H22N8. The SMILES string of the molecule is Cc1nnnn1CCn1c(N2CCCNCC2)nc2ccccc21. The van der Waals surface area contributed by atoms with Crippen molar-refractivity contribution in [1.82, 2.24) is 35.1 Å². The van der Waals surface area contributed by atoms with Crippen LogP contribution < -0.4 is 10.2 Å². The zero-order valence-corrected chi connectivity index (χ0v) is 13.9. The summed E-state index contributed by atoms with van der Waals surface area (Å²) >= 11 is 0. The minimum atomic E-state index is 0.734. The normalized spacial score (nSPS) is 15.8. The van der Waals surface area contributed by atoms with Crippen LogP contribution >= 0.6 is 0 Å². The Morgan fingerprint density at radius 2 is 2.04 bits per heavy atom. The van der Waals surface area contributed by atoms with Crippen molar-refractivity contribution >= 4 is 17.0 Å². The predicted molar refractivity (Wildman–Crippen MR) is 92.0 cm³/mol. The Balaban J connectivity index is 1.68. The van der Waals surface area contributed by atoms with Gasteiger partial charge in [0.2, 0.25) is 5.95 Å². The van der Waals surface area contributed by atoms with Gasteiger partial charge in [0.15, 0.2) is 0 Å². The second kappa shape index (κ2) is 6.56. The van der Waals surface area contributed by atoms with E-state index in [1.165, 1.54) is 0 Å². The lowest BCUT2D eigenvalue weighted by molar-refractivity contribution is 0.514. The third-order valence-corrected chi connectivity index (χ3v) is 4.50. The zero-order chi connectivity index (χ0) is 16.4. The number of imidazole rings is 1. The second-order valence-corrected chi connectivity index (χ2v) is 6.09. The molecule has 0 saturated carbocycles. The molecule has 3 heterocycles. The van der Waals surface area contributed by atoms with Gasteiger partial charge in [-0.2, -0.15) is 0 Å². The van der Waals surface area contributed by atoms with Crippen molar-refractivity contribution < 1.29 is 0 Å². The van der Waals surface area contributed by atoms with Crippen LogP contribution in [0.15, 0.2) is 24.3 Å². The molecule has 1 aromatic carbocycles. The number of para-hydroxylation sites is 2. The summed E-state index contributed by atoms with van der Waals surface area (Å²) in [5.74, 6) is 1.88. The van der Waals surface area contributed by atoms with Crippen molar-refractivity contribution in [3.8, 4) is 0 Å². The number of rotatable bonds is 4. The average Bonchev–Trinajstić information content (AvgIpc) is 3.05. The van der Waals surface area contributed by atoms with Gasteiger partial charge in [-0.15, -0.1) is 5.10 Å². The topological polar surface area (TPSA) is 76.7 Å². The Bertz CT molecular complexity index is 812. The summed E-state index contributed by atoms with van der Waals surface area (Å²) in [6.07, 6.45) is 1.13. The highest BCUT2D eigenvalue weighted by Gasteiger charge is 2.18. The van der Waals surface area contributed by atoms with Gasteiger partial charge in [0.25, 0.3) is 0 Å². The number of benzene rings is 1. The number of hydrogen-bond acceptors (Lipinski definition) is 6. The van der Waals surface area contributed by atoms with Crippen LogP contribution in [0.3, 0.4) is 0 Å². The molecule has 0 unspecified atom stereocenters. The van der Waals surface area contributed by atoms with Crippen molar-refractivity contribution in [3.05, 3.63) is 30.1 Å². The Labute approximate surface area is 140 Å². The number of nitrogens with zero attached hydrogens (tertiary/aromatic N) is 7. The van der Waals surface area contributed by atoms with E-state index in [4.69, 9.17) is 4.98 Å². The van der Waals surface area contributed by atoms with Crippen LogP contribution in [-0.4, -0.2) is 55.9 Å². The summed E-state index contributed by atoms with van der Waals surface area (Å²) in [7, 11) is 0. The predicted octanol–water partition coefficient (Wildman–Crippen LogP) is 0.831. The van der Waals surface area contributed by atoms with Gasteiger partial charge in [0.05, 0.1) is 17.6 Å².